The Morgan fingerprint density at radius 1 is 0.632 bits per heavy atom. The first-order valence-electron chi connectivity index (χ1n) is 14.6. The number of benzene rings is 2. The molecule has 0 bridgehead atoms. The number of rotatable bonds is 20. The molecule has 2 aromatic carbocycles. The molecule has 0 saturated carbocycles. The summed E-state index contributed by atoms with van der Waals surface area (Å²) in [5, 5.41) is 17.3. The maximum atomic E-state index is 12.6. The molecule has 2 rings (SSSR count). The van der Waals surface area contributed by atoms with E-state index < -0.39 is 5.97 Å². The summed E-state index contributed by atoms with van der Waals surface area (Å²) >= 11 is 0. The van der Waals surface area contributed by atoms with Crippen LogP contribution in [-0.2, 0) is 4.79 Å². The minimum absolute atomic E-state index is 0.132. The van der Waals surface area contributed by atoms with Gasteiger partial charge in [0.05, 0.1) is 16.9 Å². The summed E-state index contributed by atoms with van der Waals surface area (Å²) in [6.07, 6.45) is 20.3. The molecule has 0 unspecified atom stereocenters. The summed E-state index contributed by atoms with van der Waals surface area (Å²) in [6, 6.07) is 13.6. The highest BCUT2D eigenvalue weighted by molar-refractivity contribution is 5.92. The molecule has 0 aliphatic heterocycles. The van der Waals surface area contributed by atoms with Crippen molar-refractivity contribution in [3.8, 4) is 0 Å². The van der Waals surface area contributed by atoms with E-state index in [0.29, 0.717) is 17.8 Å². The van der Waals surface area contributed by atoms with Gasteiger partial charge in [0.1, 0.15) is 0 Å². The van der Waals surface area contributed by atoms with Crippen LogP contribution in [0.25, 0.3) is 0 Å². The quantitative estimate of drug-likeness (QED) is 0.139. The van der Waals surface area contributed by atoms with E-state index in [4.69, 9.17) is 5.11 Å². The van der Waals surface area contributed by atoms with Crippen molar-refractivity contribution in [1.29, 1.82) is 0 Å². The van der Waals surface area contributed by atoms with Crippen LogP contribution in [0.15, 0.2) is 58.8 Å². The predicted molar refractivity (Wildman–Crippen MR) is 157 cm³/mol. The molecule has 1 amide bonds. The number of hydrogen-bond acceptors (Lipinski definition) is 4. The van der Waals surface area contributed by atoms with Crippen molar-refractivity contribution >= 4 is 28.9 Å². The van der Waals surface area contributed by atoms with Crippen LogP contribution in [0.2, 0.25) is 0 Å². The Labute approximate surface area is 229 Å². The Morgan fingerprint density at radius 2 is 1.03 bits per heavy atom. The van der Waals surface area contributed by atoms with Crippen LogP contribution in [0, 0.1) is 0 Å². The molecule has 2 aromatic rings. The summed E-state index contributed by atoms with van der Waals surface area (Å²) < 4.78 is 0. The first-order valence-corrected chi connectivity index (χ1v) is 14.6. The highest BCUT2D eigenvalue weighted by atomic mass is 16.4. The monoisotopic (exact) mass is 521 g/mol. The molecule has 0 heterocycles. The molecule has 0 fully saturated rings. The fourth-order valence-corrected chi connectivity index (χ4v) is 4.49. The van der Waals surface area contributed by atoms with Gasteiger partial charge in [-0.3, -0.25) is 4.79 Å². The van der Waals surface area contributed by atoms with Gasteiger partial charge in [-0.25, -0.2) is 4.79 Å². The van der Waals surface area contributed by atoms with E-state index in [1.54, 1.807) is 17.0 Å². The van der Waals surface area contributed by atoms with Crippen molar-refractivity contribution in [2.75, 3.05) is 11.9 Å². The molecule has 0 aliphatic rings. The first-order chi connectivity index (χ1) is 18.5. The average Bonchev–Trinajstić information content (AvgIpc) is 2.94. The number of carbonyl (C=O) groups is 2. The van der Waals surface area contributed by atoms with Gasteiger partial charge in [0.15, 0.2) is 0 Å². The third kappa shape index (κ3) is 13.0. The number of amides is 1. The van der Waals surface area contributed by atoms with E-state index in [1.807, 2.05) is 31.3 Å². The molecular weight excluding hydrogens is 474 g/mol. The zero-order valence-corrected chi connectivity index (χ0v) is 23.5. The number of carboxylic acids is 1. The normalized spacial score (nSPS) is 11.2. The van der Waals surface area contributed by atoms with Gasteiger partial charge < -0.3 is 10.0 Å². The molecule has 6 heteroatoms. The van der Waals surface area contributed by atoms with Crippen LogP contribution in [0.4, 0.5) is 17.1 Å². The van der Waals surface area contributed by atoms with E-state index >= 15 is 0 Å². The van der Waals surface area contributed by atoms with Crippen molar-refractivity contribution in [1.82, 2.24) is 0 Å². The second kappa shape index (κ2) is 19.1. The number of anilines is 1. The Bertz CT molecular complexity index is 955. The van der Waals surface area contributed by atoms with Crippen LogP contribution in [0.5, 0.6) is 0 Å². The minimum atomic E-state index is -0.970. The van der Waals surface area contributed by atoms with Gasteiger partial charge in [0.25, 0.3) is 0 Å². The number of nitrogens with zero attached hydrogens (tertiary/aromatic N) is 3. The molecule has 1 N–H and O–H groups in total. The molecule has 6 nitrogen and oxygen atoms in total. The fraction of sp³-hybridized carbons (Fsp3) is 0.562. The third-order valence-corrected chi connectivity index (χ3v) is 7.00. The number of carbonyl (C=O) groups excluding carboxylic acids is 1. The van der Waals surface area contributed by atoms with Crippen molar-refractivity contribution in [3.05, 3.63) is 54.1 Å². The molecule has 0 atom stereocenters. The number of azo groups is 1. The smallest absolute Gasteiger partial charge is 0.335 e. The van der Waals surface area contributed by atoms with Gasteiger partial charge in [0.2, 0.25) is 5.91 Å². The minimum Gasteiger partial charge on any atom is -0.478 e. The van der Waals surface area contributed by atoms with Gasteiger partial charge >= 0.3 is 5.97 Å². The van der Waals surface area contributed by atoms with Crippen molar-refractivity contribution < 1.29 is 14.7 Å². The van der Waals surface area contributed by atoms with Crippen LogP contribution in [0.3, 0.4) is 0 Å². The van der Waals surface area contributed by atoms with E-state index in [2.05, 4.69) is 17.2 Å². The fourth-order valence-electron chi connectivity index (χ4n) is 4.49. The van der Waals surface area contributed by atoms with Crippen LogP contribution >= 0.6 is 0 Å². The molecule has 0 aliphatic carbocycles. The molecule has 0 radical (unpaired) electrons. The van der Waals surface area contributed by atoms with Gasteiger partial charge in [-0.05, 0) is 55.0 Å². The molecular formula is C32H47N3O3. The average molecular weight is 522 g/mol. The lowest BCUT2D eigenvalue weighted by atomic mass is 10.0. The number of hydrogen-bond donors (Lipinski definition) is 1. The van der Waals surface area contributed by atoms with Crippen molar-refractivity contribution in [3.63, 3.8) is 0 Å². The molecule has 208 valence electrons. The molecule has 38 heavy (non-hydrogen) atoms. The largest absolute Gasteiger partial charge is 0.478 e. The van der Waals surface area contributed by atoms with Gasteiger partial charge in [-0.15, -0.1) is 0 Å². The van der Waals surface area contributed by atoms with Gasteiger partial charge in [-0.2, -0.15) is 10.2 Å². The number of aromatic carboxylic acids is 1. The van der Waals surface area contributed by atoms with E-state index in [9.17, 15) is 9.59 Å². The lowest BCUT2D eigenvalue weighted by molar-refractivity contribution is -0.118. The standard InChI is InChI=1S/C32H47N3O3/c1-3-4-5-6-7-8-9-10-11-12-13-14-15-16-17-18-31(36)35(2)30-25-23-29(24-26-30)34-33-28-21-19-27(20-22-28)32(37)38/h19-26H,3-18H2,1-2H3,(H,37,38). The number of unbranched alkanes of at least 4 members (excludes halogenated alkanes) is 14. The molecule has 0 aromatic heterocycles. The second-order valence-electron chi connectivity index (χ2n) is 10.2. The van der Waals surface area contributed by atoms with E-state index in [-0.39, 0.29) is 11.5 Å². The number of carboxylic acid groups (broad SMARTS) is 1. The Kier molecular flexibility index (Phi) is 15.7. The third-order valence-electron chi connectivity index (χ3n) is 7.00. The maximum Gasteiger partial charge on any atom is 0.335 e. The topological polar surface area (TPSA) is 82.3 Å². The highest BCUT2D eigenvalue weighted by Crippen LogP contribution is 2.23. The Hall–Kier alpha value is -3.02. The van der Waals surface area contributed by atoms with E-state index in [0.717, 1.165) is 18.5 Å². The Morgan fingerprint density at radius 3 is 1.45 bits per heavy atom. The lowest BCUT2D eigenvalue weighted by Crippen LogP contribution is -2.25. The SMILES string of the molecule is CCCCCCCCCCCCCCCCCC(=O)N(C)c1ccc(N=Nc2ccc(C(=O)O)cc2)cc1. The molecule has 0 spiro atoms. The molecule has 0 saturated heterocycles. The van der Waals surface area contributed by atoms with Crippen LogP contribution in [-0.4, -0.2) is 24.0 Å². The second-order valence-corrected chi connectivity index (χ2v) is 10.2. The maximum absolute atomic E-state index is 12.6. The highest BCUT2D eigenvalue weighted by Gasteiger charge is 2.10. The summed E-state index contributed by atoms with van der Waals surface area (Å²) in [5.41, 5.74) is 2.29. The summed E-state index contributed by atoms with van der Waals surface area (Å²) in [7, 11) is 1.81. The van der Waals surface area contributed by atoms with Crippen molar-refractivity contribution in [2.45, 2.75) is 110 Å². The summed E-state index contributed by atoms with van der Waals surface area (Å²) in [4.78, 5) is 25.2. The lowest BCUT2D eigenvalue weighted by Gasteiger charge is -2.17. The van der Waals surface area contributed by atoms with Crippen LogP contribution < -0.4 is 4.90 Å². The summed E-state index contributed by atoms with van der Waals surface area (Å²) in [6.45, 7) is 2.27. The van der Waals surface area contributed by atoms with Crippen molar-refractivity contribution in [2.24, 2.45) is 10.2 Å². The Balaban J connectivity index is 1.54. The predicted octanol–water partition coefficient (Wildman–Crippen LogP) is 10.0. The zero-order chi connectivity index (χ0) is 27.4. The van der Waals surface area contributed by atoms with Crippen LogP contribution in [0.1, 0.15) is 120 Å². The van der Waals surface area contributed by atoms with Gasteiger partial charge in [-0.1, -0.05) is 96.8 Å². The summed E-state index contributed by atoms with van der Waals surface area (Å²) in [5.74, 6) is -0.838. The van der Waals surface area contributed by atoms with Gasteiger partial charge in [0, 0.05) is 19.2 Å². The zero-order valence-electron chi connectivity index (χ0n) is 23.5. The van der Waals surface area contributed by atoms with E-state index in [1.165, 1.54) is 95.6 Å². The first kappa shape index (κ1) is 31.2.